The highest BCUT2D eigenvalue weighted by Gasteiger charge is 2.14. The van der Waals surface area contributed by atoms with Gasteiger partial charge in [-0.1, -0.05) is 41.9 Å². The summed E-state index contributed by atoms with van der Waals surface area (Å²) in [6.07, 6.45) is -0.479. The molecule has 0 aromatic heterocycles. The number of benzene rings is 3. The van der Waals surface area contributed by atoms with E-state index in [9.17, 15) is 19.8 Å². The monoisotopic (exact) mass is 395 g/mol. The number of aliphatic carboxylic acids is 2. The van der Waals surface area contributed by atoms with E-state index in [1.807, 2.05) is 6.07 Å². The molecule has 0 amide bonds. The van der Waals surface area contributed by atoms with Crippen LogP contribution in [0.25, 0.3) is 22.3 Å². The fraction of sp³-hybridized carbons (Fsp3) is 0.0909. The van der Waals surface area contributed by atoms with Crippen molar-refractivity contribution in [2.45, 2.75) is 12.8 Å². The van der Waals surface area contributed by atoms with Crippen LogP contribution in [0, 0.1) is 6.07 Å². The van der Waals surface area contributed by atoms with E-state index in [2.05, 4.69) is 6.07 Å². The number of carboxylic acid groups (broad SMARTS) is 2. The molecule has 0 spiro atoms. The lowest BCUT2D eigenvalue weighted by Crippen LogP contribution is -2.03. The molecule has 141 valence electrons. The predicted octanol–water partition coefficient (Wildman–Crippen LogP) is 4.43. The largest absolute Gasteiger partial charge is 0.508 e. The summed E-state index contributed by atoms with van der Waals surface area (Å²) in [5, 5.41) is 28.8. The minimum atomic E-state index is -1.02. The molecule has 0 aliphatic carbocycles. The molecule has 3 aromatic carbocycles. The molecule has 0 aliphatic heterocycles. The average Bonchev–Trinajstić information content (AvgIpc) is 2.60. The third-order valence-electron chi connectivity index (χ3n) is 4.22. The Hall–Kier alpha value is -3.31. The van der Waals surface area contributed by atoms with Crippen molar-refractivity contribution in [3.8, 4) is 28.0 Å². The van der Waals surface area contributed by atoms with Gasteiger partial charge in [0.2, 0.25) is 0 Å². The second kappa shape index (κ2) is 8.15. The maximum Gasteiger partial charge on any atom is 0.307 e. The number of hydrogen-bond acceptors (Lipinski definition) is 3. The first-order valence-corrected chi connectivity index (χ1v) is 8.77. The first-order chi connectivity index (χ1) is 13.3. The number of phenols is 1. The van der Waals surface area contributed by atoms with Crippen molar-refractivity contribution in [3.63, 3.8) is 0 Å². The summed E-state index contributed by atoms with van der Waals surface area (Å²) in [6, 6.07) is 17.8. The molecule has 6 heteroatoms. The summed E-state index contributed by atoms with van der Waals surface area (Å²) >= 11 is 6.23. The van der Waals surface area contributed by atoms with Crippen LogP contribution in [0.4, 0.5) is 0 Å². The van der Waals surface area contributed by atoms with Gasteiger partial charge < -0.3 is 15.3 Å². The van der Waals surface area contributed by atoms with E-state index in [0.717, 1.165) is 11.1 Å². The molecule has 5 nitrogen and oxygen atoms in total. The predicted molar refractivity (Wildman–Crippen MR) is 106 cm³/mol. The fourth-order valence-corrected chi connectivity index (χ4v) is 3.34. The Kier molecular flexibility index (Phi) is 5.66. The first-order valence-electron chi connectivity index (χ1n) is 8.39. The lowest BCUT2D eigenvalue weighted by molar-refractivity contribution is -0.137. The number of phenolic OH excluding ortho intramolecular Hbond substituents is 1. The van der Waals surface area contributed by atoms with E-state index in [1.165, 1.54) is 12.1 Å². The topological polar surface area (TPSA) is 94.8 Å². The van der Waals surface area contributed by atoms with Crippen LogP contribution in [0.3, 0.4) is 0 Å². The Morgan fingerprint density at radius 2 is 1.64 bits per heavy atom. The maximum absolute atomic E-state index is 11.4. The van der Waals surface area contributed by atoms with Gasteiger partial charge in [0.1, 0.15) is 5.75 Å². The smallest absolute Gasteiger partial charge is 0.307 e. The van der Waals surface area contributed by atoms with Crippen LogP contribution in [-0.2, 0) is 22.4 Å². The molecule has 0 unspecified atom stereocenters. The van der Waals surface area contributed by atoms with Crippen LogP contribution >= 0.6 is 11.6 Å². The minimum Gasteiger partial charge on any atom is -0.508 e. The summed E-state index contributed by atoms with van der Waals surface area (Å²) < 4.78 is 0. The van der Waals surface area contributed by atoms with Crippen molar-refractivity contribution in [1.82, 2.24) is 0 Å². The Balaban J connectivity index is 2.13. The fourth-order valence-electron chi connectivity index (χ4n) is 3.10. The number of aromatic hydroxyl groups is 1. The van der Waals surface area contributed by atoms with Crippen molar-refractivity contribution in [3.05, 3.63) is 76.8 Å². The van der Waals surface area contributed by atoms with Gasteiger partial charge in [0.25, 0.3) is 0 Å². The quantitative estimate of drug-likeness (QED) is 0.573. The molecule has 0 fully saturated rings. The highest BCUT2D eigenvalue weighted by molar-refractivity contribution is 6.33. The lowest BCUT2D eigenvalue weighted by atomic mass is 9.92. The van der Waals surface area contributed by atoms with Crippen LogP contribution in [-0.4, -0.2) is 27.3 Å². The van der Waals surface area contributed by atoms with E-state index in [0.29, 0.717) is 27.3 Å². The molecule has 0 saturated heterocycles. The van der Waals surface area contributed by atoms with E-state index < -0.39 is 11.9 Å². The molecule has 0 atom stereocenters. The van der Waals surface area contributed by atoms with Gasteiger partial charge in [-0.3, -0.25) is 9.59 Å². The van der Waals surface area contributed by atoms with Crippen molar-refractivity contribution < 1.29 is 24.9 Å². The standard InChI is InChI=1S/C22H16ClO5/c23-20-4-2-1-3-19(20)14-5-6-18(16(10-14)12-22(27)28)15-7-13(9-21(25)26)8-17(24)11-15/h1,3-8,10-11,24H,9,12H2,(H,25,26)(H,27,28). The van der Waals surface area contributed by atoms with Crippen LogP contribution in [0.2, 0.25) is 5.02 Å². The summed E-state index contributed by atoms with van der Waals surface area (Å²) in [4.78, 5) is 22.4. The minimum absolute atomic E-state index is 0.0826. The van der Waals surface area contributed by atoms with Gasteiger partial charge in [-0.15, -0.1) is 0 Å². The molecule has 3 rings (SSSR count). The summed E-state index contributed by atoms with van der Waals surface area (Å²) in [5.74, 6) is -2.11. The second-order valence-corrected chi connectivity index (χ2v) is 6.71. The van der Waals surface area contributed by atoms with Crippen molar-refractivity contribution in [2.75, 3.05) is 0 Å². The second-order valence-electron chi connectivity index (χ2n) is 6.31. The molecule has 28 heavy (non-hydrogen) atoms. The van der Waals surface area contributed by atoms with Gasteiger partial charge in [0, 0.05) is 10.6 Å². The van der Waals surface area contributed by atoms with Crippen LogP contribution in [0.15, 0.2) is 54.6 Å². The maximum atomic E-state index is 11.4. The average molecular weight is 396 g/mol. The third kappa shape index (κ3) is 4.50. The summed E-state index contributed by atoms with van der Waals surface area (Å²) in [5.41, 5.74) is 3.61. The molecule has 0 heterocycles. The number of hydrogen-bond donors (Lipinski definition) is 3. The van der Waals surface area contributed by atoms with Crippen molar-refractivity contribution in [1.29, 1.82) is 0 Å². The van der Waals surface area contributed by atoms with Crippen LogP contribution < -0.4 is 0 Å². The van der Waals surface area contributed by atoms with Gasteiger partial charge in [0.15, 0.2) is 0 Å². The van der Waals surface area contributed by atoms with Gasteiger partial charge in [-0.2, -0.15) is 0 Å². The Bertz CT molecular complexity index is 1060. The van der Waals surface area contributed by atoms with Gasteiger partial charge >= 0.3 is 11.9 Å². The van der Waals surface area contributed by atoms with Crippen LogP contribution in [0.1, 0.15) is 11.1 Å². The number of halogens is 1. The lowest BCUT2D eigenvalue weighted by Gasteiger charge is -2.13. The molecular weight excluding hydrogens is 380 g/mol. The number of rotatable bonds is 6. The number of carboxylic acids is 2. The Morgan fingerprint density at radius 1 is 0.893 bits per heavy atom. The third-order valence-corrected chi connectivity index (χ3v) is 4.53. The zero-order chi connectivity index (χ0) is 20.3. The molecule has 3 aromatic rings. The molecule has 0 aliphatic rings. The number of carbonyl (C=O) groups is 2. The van der Waals surface area contributed by atoms with E-state index in [4.69, 9.17) is 16.7 Å². The van der Waals surface area contributed by atoms with Gasteiger partial charge in [-0.25, -0.2) is 0 Å². The van der Waals surface area contributed by atoms with Gasteiger partial charge in [0.05, 0.1) is 12.8 Å². The highest BCUT2D eigenvalue weighted by atomic mass is 35.5. The normalized spacial score (nSPS) is 10.6. The van der Waals surface area contributed by atoms with E-state index >= 15 is 0 Å². The zero-order valence-corrected chi connectivity index (χ0v) is 15.4. The summed E-state index contributed by atoms with van der Waals surface area (Å²) in [6.45, 7) is 0. The highest BCUT2D eigenvalue weighted by Crippen LogP contribution is 2.34. The molecule has 0 saturated carbocycles. The molecular formula is C22H16ClO5. The van der Waals surface area contributed by atoms with Crippen molar-refractivity contribution in [2.24, 2.45) is 0 Å². The molecule has 1 radical (unpaired) electrons. The van der Waals surface area contributed by atoms with Gasteiger partial charge in [-0.05, 0) is 58.1 Å². The van der Waals surface area contributed by atoms with Crippen molar-refractivity contribution >= 4 is 23.5 Å². The summed E-state index contributed by atoms with van der Waals surface area (Å²) in [7, 11) is 0. The Morgan fingerprint density at radius 3 is 2.32 bits per heavy atom. The molecule has 3 N–H and O–H groups in total. The first kappa shape index (κ1) is 19.5. The SMILES string of the molecule is O=C(O)Cc1cc(O)cc(-c2ccc(-c3cc[c]cc3Cl)cc2CC(=O)O)c1. The zero-order valence-electron chi connectivity index (χ0n) is 14.6. The Labute approximate surface area is 166 Å². The van der Waals surface area contributed by atoms with Crippen LogP contribution in [0.5, 0.6) is 5.75 Å². The molecule has 0 bridgehead atoms. The van der Waals surface area contributed by atoms with E-state index in [1.54, 1.807) is 36.4 Å². The van der Waals surface area contributed by atoms with E-state index in [-0.39, 0.29) is 18.6 Å².